The number of benzene rings is 2. The first-order valence-corrected chi connectivity index (χ1v) is 9.50. The second kappa shape index (κ2) is 9.00. The van der Waals surface area contributed by atoms with E-state index in [1.807, 2.05) is 55.1 Å². The Kier molecular flexibility index (Phi) is 6.45. The highest BCUT2D eigenvalue weighted by Crippen LogP contribution is 2.24. The smallest absolute Gasteiger partial charge is 0.220 e. The number of nitrogens with one attached hydrogen (secondary N) is 1. The average molecular weight is 370 g/mol. The van der Waals surface area contributed by atoms with Crippen molar-refractivity contribution in [3.05, 3.63) is 65.5 Å². The second-order valence-corrected chi connectivity index (χ2v) is 7.21. The fourth-order valence-corrected chi connectivity index (χ4v) is 3.48. The largest absolute Gasteiger partial charge is 0.372 e. The van der Waals surface area contributed by atoms with Crippen molar-refractivity contribution in [2.24, 2.45) is 0 Å². The normalized spacial score (nSPS) is 19.7. The van der Waals surface area contributed by atoms with E-state index in [1.54, 1.807) is 6.07 Å². The van der Waals surface area contributed by atoms with Crippen molar-refractivity contribution in [2.45, 2.75) is 45.4 Å². The minimum Gasteiger partial charge on any atom is -0.372 e. The van der Waals surface area contributed by atoms with Crippen molar-refractivity contribution in [3.63, 3.8) is 0 Å². The first-order chi connectivity index (χ1) is 13.0. The Morgan fingerprint density at radius 3 is 2.48 bits per heavy atom. The van der Waals surface area contributed by atoms with Crippen LogP contribution in [0.4, 0.5) is 10.1 Å². The summed E-state index contributed by atoms with van der Waals surface area (Å²) >= 11 is 0. The van der Waals surface area contributed by atoms with Gasteiger partial charge in [-0.2, -0.15) is 0 Å². The van der Waals surface area contributed by atoms with E-state index in [4.69, 9.17) is 4.74 Å². The van der Waals surface area contributed by atoms with Gasteiger partial charge in [0.15, 0.2) is 0 Å². The van der Waals surface area contributed by atoms with Crippen LogP contribution in [0.15, 0.2) is 48.5 Å². The number of halogens is 1. The van der Waals surface area contributed by atoms with Crippen molar-refractivity contribution in [1.29, 1.82) is 0 Å². The van der Waals surface area contributed by atoms with Gasteiger partial charge in [0, 0.05) is 26.1 Å². The number of amides is 1. The lowest BCUT2D eigenvalue weighted by atomic mass is 10.1. The van der Waals surface area contributed by atoms with E-state index in [2.05, 4.69) is 5.32 Å². The van der Waals surface area contributed by atoms with Crippen LogP contribution in [0, 0.1) is 5.82 Å². The third-order valence-corrected chi connectivity index (χ3v) is 4.75. The molecule has 2 aromatic rings. The Morgan fingerprint density at radius 1 is 1.11 bits per heavy atom. The minimum absolute atomic E-state index is 0.0285. The summed E-state index contributed by atoms with van der Waals surface area (Å²) in [5.74, 6) is -0.286. The second-order valence-electron chi connectivity index (χ2n) is 7.21. The third-order valence-electron chi connectivity index (χ3n) is 4.75. The number of nitrogens with zero attached hydrogens (tertiary/aromatic N) is 1. The van der Waals surface area contributed by atoms with Crippen molar-refractivity contribution < 1.29 is 13.9 Å². The molecule has 144 valence electrons. The van der Waals surface area contributed by atoms with Crippen LogP contribution in [-0.4, -0.2) is 31.2 Å². The lowest BCUT2D eigenvalue weighted by Gasteiger charge is -2.37. The number of ether oxygens (including phenoxy) is 1. The molecule has 1 fully saturated rings. The zero-order valence-corrected chi connectivity index (χ0v) is 16.0. The Balaban J connectivity index is 1.52. The number of carbonyl (C=O) groups excluding carboxylic acids is 1. The highest BCUT2D eigenvalue weighted by atomic mass is 19.1. The lowest BCUT2D eigenvalue weighted by Crippen LogP contribution is -2.45. The molecule has 2 atom stereocenters. The van der Waals surface area contributed by atoms with Crippen LogP contribution >= 0.6 is 0 Å². The molecule has 0 bridgehead atoms. The van der Waals surface area contributed by atoms with E-state index in [9.17, 15) is 9.18 Å². The molecule has 1 N–H and O–H groups in total. The molecule has 1 aliphatic heterocycles. The zero-order valence-electron chi connectivity index (χ0n) is 16.0. The van der Waals surface area contributed by atoms with Crippen LogP contribution < -0.4 is 10.2 Å². The van der Waals surface area contributed by atoms with Crippen molar-refractivity contribution in [2.75, 3.05) is 18.0 Å². The number of hydrogen-bond donors (Lipinski definition) is 1. The van der Waals surface area contributed by atoms with E-state index in [1.165, 1.54) is 6.07 Å². The van der Waals surface area contributed by atoms with Crippen molar-refractivity contribution in [1.82, 2.24) is 5.32 Å². The van der Waals surface area contributed by atoms with Crippen LogP contribution in [0.3, 0.4) is 0 Å². The Morgan fingerprint density at radius 2 is 1.81 bits per heavy atom. The predicted molar refractivity (Wildman–Crippen MR) is 105 cm³/mol. The molecule has 4 nitrogen and oxygen atoms in total. The van der Waals surface area contributed by atoms with Gasteiger partial charge in [0.25, 0.3) is 0 Å². The number of morpholine rings is 1. The molecule has 1 aliphatic rings. The molecule has 1 heterocycles. The van der Waals surface area contributed by atoms with Crippen molar-refractivity contribution in [3.8, 4) is 0 Å². The molecule has 5 heteroatoms. The highest BCUT2D eigenvalue weighted by molar-refractivity contribution is 5.76. The van der Waals surface area contributed by atoms with E-state index in [0.717, 1.165) is 11.1 Å². The summed E-state index contributed by atoms with van der Waals surface area (Å²) in [6, 6.07) is 15.1. The Labute approximate surface area is 160 Å². The number of aryl methyl sites for hydroxylation is 1. The first-order valence-electron chi connectivity index (χ1n) is 9.50. The standard InChI is InChI=1S/C22H27FN2O2/c1-16-14-25(15-17(2)27-16)21-10-8-19(12-20(21)23)13-24-22(26)11-9-18-6-4-3-5-7-18/h3-8,10,12,16-17H,9,11,13-15H2,1-2H3,(H,24,26). The molecular formula is C22H27FN2O2. The summed E-state index contributed by atoms with van der Waals surface area (Å²) in [5, 5.41) is 2.87. The SMILES string of the molecule is CC1CN(c2ccc(CNC(=O)CCc3ccccc3)cc2F)CC(C)O1. The van der Waals surface area contributed by atoms with Gasteiger partial charge in [0.2, 0.25) is 5.91 Å². The fraction of sp³-hybridized carbons (Fsp3) is 0.409. The quantitative estimate of drug-likeness (QED) is 0.843. The highest BCUT2D eigenvalue weighted by Gasteiger charge is 2.24. The Hall–Kier alpha value is -2.40. The van der Waals surface area contributed by atoms with E-state index in [0.29, 0.717) is 38.2 Å². The van der Waals surface area contributed by atoms with Crippen LogP contribution in [0.5, 0.6) is 0 Å². The number of carbonyl (C=O) groups is 1. The minimum atomic E-state index is -0.257. The third kappa shape index (κ3) is 5.54. The first kappa shape index (κ1) is 19.4. The van der Waals surface area contributed by atoms with Crippen LogP contribution in [0.25, 0.3) is 0 Å². The van der Waals surface area contributed by atoms with Gasteiger partial charge >= 0.3 is 0 Å². The molecular weight excluding hydrogens is 343 g/mol. The van der Waals surface area contributed by atoms with Gasteiger partial charge in [-0.1, -0.05) is 36.4 Å². The number of hydrogen-bond acceptors (Lipinski definition) is 3. The van der Waals surface area contributed by atoms with Crippen molar-refractivity contribution >= 4 is 11.6 Å². The summed E-state index contributed by atoms with van der Waals surface area (Å²) in [5.41, 5.74) is 2.49. The van der Waals surface area contributed by atoms with E-state index >= 15 is 0 Å². The molecule has 3 rings (SSSR count). The van der Waals surface area contributed by atoms with Gasteiger partial charge in [-0.3, -0.25) is 4.79 Å². The summed E-state index contributed by atoms with van der Waals surface area (Å²) in [6.07, 6.45) is 1.29. The average Bonchev–Trinajstić information content (AvgIpc) is 2.65. The summed E-state index contributed by atoms with van der Waals surface area (Å²) in [4.78, 5) is 14.1. The lowest BCUT2D eigenvalue weighted by molar-refractivity contribution is -0.121. The van der Waals surface area contributed by atoms with Crippen LogP contribution in [0.2, 0.25) is 0 Å². The molecule has 0 spiro atoms. The monoisotopic (exact) mass is 370 g/mol. The molecule has 1 amide bonds. The summed E-state index contributed by atoms with van der Waals surface area (Å²) in [6.45, 7) is 5.69. The van der Waals surface area contributed by atoms with E-state index in [-0.39, 0.29) is 23.9 Å². The van der Waals surface area contributed by atoms with Crippen LogP contribution in [-0.2, 0) is 22.5 Å². The van der Waals surface area contributed by atoms with Gasteiger partial charge in [0.1, 0.15) is 5.82 Å². The molecule has 0 saturated carbocycles. The van der Waals surface area contributed by atoms with E-state index < -0.39 is 0 Å². The summed E-state index contributed by atoms with van der Waals surface area (Å²) in [7, 11) is 0. The summed E-state index contributed by atoms with van der Waals surface area (Å²) < 4.78 is 20.3. The molecule has 2 unspecified atom stereocenters. The maximum absolute atomic E-state index is 14.6. The maximum Gasteiger partial charge on any atom is 0.220 e. The maximum atomic E-state index is 14.6. The van der Waals surface area contributed by atoms with Gasteiger partial charge in [-0.25, -0.2) is 4.39 Å². The van der Waals surface area contributed by atoms with Gasteiger partial charge in [0.05, 0.1) is 17.9 Å². The molecule has 27 heavy (non-hydrogen) atoms. The molecule has 0 aliphatic carbocycles. The topological polar surface area (TPSA) is 41.6 Å². The predicted octanol–water partition coefficient (Wildman–Crippen LogP) is 3.69. The van der Waals surface area contributed by atoms with Gasteiger partial charge in [-0.15, -0.1) is 0 Å². The number of rotatable bonds is 6. The van der Waals surface area contributed by atoms with Crippen LogP contribution in [0.1, 0.15) is 31.4 Å². The molecule has 1 saturated heterocycles. The van der Waals surface area contributed by atoms with Gasteiger partial charge in [-0.05, 0) is 43.5 Å². The zero-order chi connectivity index (χ0) is 19.2. The molecule has 2 aromatic carbocycles. The fourth-order valence-electron chi connectivity index (χ4n) is 3.48. The number of anilines is 1. The Bertz CT molecular complexity index is 756. The molecule has 0 aromatic heterocycles. The molecule has 0 radical (unpaired) electrons. The van der Waals surface area contributed by atoms with Gasteiger partial charge < -0.3 is 15.0 Å².